The van der Waals surface area contributed by atoms with Gasteiger partial charge in [-0.25, -0.2) is 0 Å². The van der Waals surface area contributed by atoms with Gasteiger partial charge in [-0.1, -0.05) is 31.5 Å². The Morgan fingerprint density at radius 1 is 0.833 bits per heavy atom. The van der Waals surface area contributed by atoms with E-state index in [9.17, 15) is 19.2 Å². The van der Waals surface area contributed by atoms with Crippen LogP contribution >= 0.6 is 11.8 Å². The van der Waals surface area contributed by atoms with Gasteiger partial charge in [-0.3, -0.25) is 19.2 Å². The van der Waals surface area contributed by atoms with Crippen molar-refractivity contribution in [3.05, 3.63) is 0 Å². The summed E-state index contributed by atoms with van der Waals surface area (Å²) in [5.41, 5.74) is 0. The molecule has 0 radical (unpaired) electrons. The lowest BCUT2D eigenvalue weighted by Gasteiger charge is -2.00. The largest absolute Gasteiger partial charge is 0.299 e. The summed E-state index contributed by atoms with van der Waals surface area (Å²) in [4.78, 5) is 45.1. The highest BCUT2D eigenvalue weighted by atomic mass is 32.2. The standard InChI is InChI=1S/C13H20O4S/c1-3-4-5-6-10(14)7-11(15)8-12(16)9-13(17)18-2/h3-9H2,1-2H3. The Hall–Kier alpha value is -0.970. The number of thioether (sulfide) groups is 1. The molecule has 18 heavy (non-hydrogen) atoms. The highest BCUT2D eigenvalue weighted by molar-refractivity contribution is 8.13. The van der Waals surface area contributed by atoms with Crippen molar-refractivity contribution in [2.45, 2.75) is 51.9 Å². The van der Waals surface area contributed by atoms with Gasteiger partial charge in [0.15, 0.2) is 5.12 Å². The maximum absolute atomic E-state index is 11.4. The monoisotopic (exact) mass is 272 g/mol. The molecule has 0 aromatic rings. The lowest BCUT2D eigenvalue weighted by molar-refractivity contribution is -0.130. The molecular weight excluding hydrogens is 252 g/mol. The van der Waals surface area contributed by atoms with Crippen LogP contribution in [-0.2, 0) is 19.2 Å². The van der Waals surface area contributed by atoms with Crippen molar-refractivity contribution >= 4 is 34.2 Å². The third-order valence-corrected chi connectivity index (χ3v) is 3.02. The van der Waals surface area contributed by atoms with Crippen LogP contribution in [-0.4, -0.2) is 28.7 Å². The zero-order valence-corrected chi connectivity index (χ0v) is 11.8. The van der Waals surface area contributed by atoms with Gasteiger partial charge < -0.3 is 0 Å². The fraction of sp³-hybridized carbons (Fsp3) is 0.692. The SMILES string of the molecule is CCCCCC(=O)CC(=O)CC(=O)CC(=O)SC. The quantitative estimate of drug-likeness (QED) is 0.451. The first-order valence-corrected chi connectivity index (χ1v) is 7.34. The summed E-state index contributed by atoms with van der Waals surface area (Å²) in [7, 11) is 0. The summed E-state index contributed by atoms with van der Waals surface area (Å²) in [6, 6.07) is 0. The Labute approximate surface area is 112 Å². The summed E-state index contributed by atoms with van der Waals surface area (Å²) in [5, 5.41) is -0.248. The lowest BCUT2D eigenvalue weighted by Crippen LogP contribution is -2.14. The van der Waals surface area contributed by atoms with Crippen molar-refractivity contribution < 1.29 is 19.2 Å². The minimum atomic E-state index is -0.402. The predicted octanol–water partition coefficient (Wildman–Crippen LogP) is 2.33. The van der Waals surface area contributed by atoms with E-state index in [1.807, 2.05) is 6.92 Å². The van der Waals surface area contributed by atoms with Crippen molar-refractivity contribution in [3.63, 3.8) is 0 Å². The molecule has 0 aliphatic carbocycles. The number of carbonyl (C=O) groups excluding carboxylic acids is 4. The summed E-state index contributed by atoms with van der Waals surface area (Å²) in [6.45, 7) is 2.04. The Morgan fingerprint density at radius 3 is 1.94 bits per heavy atom. The Kier molecular flexibility index (Phi) is 9.46. The van der Waals surface area contributed by atoms with Crippen molar-refractivity contribution in [1.82, 2.24) is 0 Å². The molecule has 4 nitrogen and oxygen atoms in total. The van der Waals surface area contributed by atoms with Gasteiger partial charge in [-0.15, -0.1) is 0 Å². The lowest BCUT2D eigenvalue weighted by atomic mass is 10.0. The van der Waals surface area contributed by atoms with Crippen LogP contribution < -0.4 is 0 Å². The normalized spacial score (nSPS) is 10.1. The molecule has 0 rings (SSSR count). The van der Waals surface area contributed by atoms with E-state index >= 15 is 0 Å². The number of hydrogen-bond donors (Lipinski definition) is 0. The summed E-state index contributed by atoms with van der Waals surface area (Å²) in [6.07, 6.45) is 4.08. The number of rotatable bonds is 10. The van der Waals surface area contributed by atoms with Gasteiger partial charge in [0.1, 0.15) is 17.3 Å². The smallest absolute Gasteiger partial charge is 0.196 e. The molecule has 102 valence electrons. The zero-order valence-electron chi connectivity index (χ0n) is 11.0. The van der Waals surface area contributed by atoms with Gasteiger partial charge in [0.05, 0.1) is 19.3 Å². The second-order valence-electron chi connectivity index (χ2n) is 4.18. The molecule has 0 bridgehead atoms. The van der Waals surface area contributed by atoms with E-state index in [0.717, 1.165) is 31.0 Å². The van der Waals surface area contributed by atoms with E-state index in [1.165, 1.54) is 0 Å². The van der Waals surface area contributed by atoms with Crippen molar-refractivity contribution in [2.75, 3.05) is 6.26 Å². The second-order valence-corrected chi connectivity index (χ2v) is 5.04. The van der Waals surface area contributed by atoms with Gasteiger partial charge in [0.25, 0.3) is 0 Å². The molecule has 0 aromatic heterocycles. The van der Waals surface area contributed by atoms with Crippen molar-refractivity contribution in [3.8, 4) is 0 Å². The van der Waals surface area contributed by atoms with Crippen LogP contribution in [0.5, 0.6) is 0 Å². The third kappa shape index (κ3) is 9.10. The van der Waals surface area contributed by atoms with E-state index in [1.54, 1.807) is 6.26 Å². The Balaban J connectivity index is 3.85. The topological polar surface area (TPSA) is 68.3 Å². The third-order valence-electron chi connectivity index (χ3n) is 2.42. The molecule has 0 N–H and O–H groups in total. The van der Waals surface area contributed by atoms with Crippen LogP contribution in [0.1, 0.15) is 51.9 Å². The van der Waals surface area contributed by atoms with E-state index in [4.69, 9.17) is 0 Å². The second kappa shape index (κ2) is 10.00. The van der Waals surface area contributed by atoms with E-state index in [2.05, 4.69) is 0 Å². The summed E-state index contributed by atoms with van der Waals surface area (Å²) in [5.74, 6) is -0.895. The first-order chi connectivity index (χ1) is 8.49. The minimum Gasteiger partial charge on any atom is -0.299 e. The van der Waals surface area contributed by atoms with E-state index < -0.39 is 5.78 Å². The van der Waals surface area contributed by atoms with Gasteiger partial charge in [-0.05, 0) is 12.7 Å². The average molecular weight is 272 g/mol. The van der Waals surface area contributed by atoms with Crippen LogP contribution in [0.3, 0.4) is 0 Å². The molecule has 5 heteroatoms. The van der Waals surface area contributed by atoms with E-state index in [-0.39, 0.29) is 35.9 Å². The average Bonchev–Trinajstić information content (AvgIpc) is 2.28. The summed E-state index contributed by atoms with van der Waals surface area (Å²) >= 11 is 0.970. The number of hydrogen-bond acceptors (Lipinski definition) is 5. The van der Waals surface area contributed by atoms with Gasteiger partial charge in [0.2, 0.25) is 0 Å². The van der Waals surface area contributed by atoms with Crippen LogP contribution in [0.15, 0.2) is 0 Å². The number of Topliss-reactive ketones (excluding diaryl/α,β-unsaturated/α-hetero) is 3. The molecule has 0 fully saturated rings. The van der Waals surface area contributed by atoms with Crippen LogP contribution in [0, 0.1) is 0 Å². The fourth-order valence-corrected chi connectivity index (χ4v) is 1.76. The fourth-order valence-electron chi connectivity index (χ4n) is 1.46. The number of ketones is 3. The molecule has 0 aliphatic heterocycles. The minimum absolute atomic E-state index is 0.113. The highest BCUT2D eigenvalue weighted by Crippen LogP contribution is 2.06. The molecule has 0 aliphatic rings. The molecule has 0 saturated carbocycles. The number of carbonyl (C=O) groups is 4. The Bertz CT molecular complexity index is 323. The molecule has 0 heterocycles. The van der Waals surface area contributed by atoms with Crippen LogP contribution in [0.2, 0.25) is 0 Å². The maximum Gasteiger partial charge on any atom is 0.196 e. The summed E-state index contributed by atoms with van der Waals surface area (Å²) < 4.78 is 0. The van der Waals surface area contributed by atoms with Gasteiger partial charge in [-0.2, -0.15) is 0 Å². The molecular formula is C13H20O4S. The molecule has 0 unspecified atom stereocenters. The maximum atomic E-state index is 11.4. The van der Waals surface area contributed by atoms with Crippen LogP contribution in [0.4, 0.5) is 0 Å². The first-order valence-electron chi connectivity index (χ1n) is 6.11. The van der Waals surface area contributed by atoms with Crippen LogP contribution in [0.25, 0.3) is 0 Å². The predicted molar refractivity (Wildman–Crippen MR) is 71.5 cm³/mol. The number of unbranched alkanes of at least 4 members (excludes halogenated alkanes) is 2. The van der Waals surface area contributed by atoms with Gasteiger partial charge in [0, 0.05) is 6.42 Å². The zero-order chi connectivity index (χ0) is 14.0. The molecule has 0 spiro atoms. The molecule has 0 saturated heterocycles. The van der Waals surface area contributed by atoms with Gasteiger partial charge >= 0.3 is 0 Å². The van der Waals surface area contributed by atoms with Crippen molar-refractivity contribution in [2.24, 2.45) is 0 Å². The molecule has 0 aromatic carbocycles. The van der Waals surface area contributed by atoms with Crippen molar-refractivity contribution in [1.29, 1.82) is 0 Å². The highest BCUT2D eigenvalue weighted by Gasteiger charge is 2.15. The first kappa shape index (κ1) is 17.0. The van der Waals surface area contributed by atoms with E-state index in [0.29, 0.717) is 6.42 Å². The molecule has 0 atom stereocenters. The molecule has 0 amide bonds. The Morgan fingerprint density at radius 2 is 1.39 bits per heavy atom.